The van der Waals surface area contributed by atoms with E-state index in [4.69, 9.17) is 19.9 Å². The molecule has 3 N–H and O–H groups in total. The van der Waals surface area contributed by atoms with Crippen molar-refractivity contribution in [2.45, 2.75) is 52.4 Å². The lowest BCUT2D eigenvalue weighted by atomic mass is 9.38. The van der Waals surface area contributed by atoms with Crippen LogP contribution in [-0.4, -0.2) is 67.7 Å². The lowest BCUT2D eigenvalue weighted by Gasteiger charge is -2.69. The summed E-state index contributed by atoms with van der Waals surface area (Å²) < 4.78 is 19.2. The predicted molar refractivity (Wildman–Crippen MR) is 136 cm³/mol. The second kappa shape index (κ2) is 7.28. The Balaban J connectivity index is 1.47. The molecular weight excluding hydrogens is 476 g/mol. The van der Waals surface area contributed by atoms with Gasteiger partial charge in [0, 0.05) is 34.8 Å². The average Bonchev–Trinajstić information content (AvgIpc) is 3.26. The maximum absolute atomic E-state index is 11.3. The Morgan fingerprint density at radius 3 is 2.86 bits per heavy atom. The van der Waals surface area contributed by atoms with E-state index in [1.54, 1.807) is 14.2 Å². The number of aliphatic carboxylic acids is 1. The van der Waals surface area contributed by atoms with Crippen molar-refractivity contribution in [2.24, 2.45) is 5.73 Å². The topological polar surface area (TPSA) is 94.3 Å². The monoisotopic (exact) mass is 506 g/mol. The molecule has 0 radical (unpaired) electrons. The lowest BCUT2D eigenvalue weighted by Crippen LogP contribution is -2.77. The highest BCUT2D eigenvalue weighted by molar-refractivity contribution is 7.99. The second-order valence-corrected chi connectivity index (χ2v) is 11.8. The van der Waals surface area contributed by atoms with Gasteiger partial charge in [0.15, 0.2) is 11.5 Å². The zero-order chi connectivity index (χ0) is 25.0. The van der Waals surface area contributed by atoms with Crippen LogP contribution in [0.15, 0.2) is 47.4 Å². The van der Waals surface area contributed by atoms with Gasteiger partial charge in [0.05, 0.1) is 12.5 Å². The predicted octanol–water partition coefficient (Wildman–Crippen LogP) is 2.82. The minimum Gasteiger partial charge on any atom is -0.493 e. The van der Waals surface area contributed by atoms with Crippen molar-refractivity contribution in [1.82, 2.24) is 4.90 Å². The quantitative estimate of drug-likeness (QED) is 0.456. The number of hydrogen-bond acceptors (Lipinski definition) is 7. The molecule has 7 nitrogen and oxygen atoms in total. The molecule has 36 heavy (non-hydrogen) atoms. The van der Waals surface area contributed by atoms with E-state index in [0.717, 1.165) is 41.3 Å². The highest BCUT2D eigenvalue weighted by atomic mass is 32.2. The first-order chi connectivity index (χ1) is 17.3. The highest BCUT2D eigenvalue weighted by Gasteiger charge is 2.78. The number of likely N-dealkylation sites (N-methyl/N-ethyl adjacent to an activating group) is 1. The summed E-state index contributed by atoms with van der Waals surface area (Å²) in [5.74, 6) is 0.957. The average molecular weight is 507 g/mol. The van der Waals surface area contributed by atoms with Crippen LogP contribution in [0.2, 0.25) is 0 Å². The molecule has 2 spiro atoms. The molecule has 2 aliphatic heterocycles. The summed E-state index contributed by atoms with van der Waals surface area (Å²) in [5.41, 5.74) is 9.57. The Hall–Kier alpha value is -2.52. The molecule has 0 aromatic heterocycles. The fourth-order valence-corrected chi connectivity index (χ4v) is 8.97. The van der Waals surface area contributed by atoms with Gasteiger partial charge < -0.3 is 30.0 Å². The summed E-state index contributed by atoms with van der Waals surface area (Å²) in [6.07, 6.45) is 6.33. The van der Waals surface area contributed by atoms with Gasteiger partial charge in [0.25, 0.3) is 0 Å². The van der Waals surface area contributed by atoms with Gasteiger partial charge in [-0.3, -0.25) is 4.79 Å². The first-order valence-electron chi connectivity index (χ1n) is 12.4. The largest absolute Gasteiger partial charge is 0.493 e. The van der Waals surface area contributed by atoms with E-state index in [1.807, 2.05) is 6.07 Å². The van der Waals surface area contributed by atoms with E-state index in [0.29, 0.717) is 5.75 Å². The molecule has 2 aromatic rings. The van der Waals surface area contributed by atoms with Gasteiger partial charge in [-0.25, -0.2) is 0 Å². The second-order valence-electron chi connectivity index (χ2n) is 10.7. The molecule has 2 heterocycles. The first kappa shape index (κ1) is 22.7. The number of hydrogen-bond donors (Lipinski definition) is 2. The number of thioether (sulfide) groups is 1. The number of carboxylic acid groups (broad SMARTS) is 1. The van der Waals surface area contributed by atoms with E-state index in [1.165, 1.54) is 28.5 Å². The SMILES string of the molecule is COc1ccc2c3c1O[C@@H]1[C@]34CCN(C)[C@H](C2)[C@]42C=C[C@@]1(OC)c1cc(SCC(N)C(=O)O)ccc12. The van der Waals surface area contributed by atoms with Crippen LogP contribution in [0.5, 0.6) is 11.5 Å². The van der Waals surface area contributed by atoms with Gasteiger partial charge in [0.1, 0.15) is 17.7 Å². The van der Waals surface area contributed by atoms with Crippen molar-refractivity contribution in [1.29, 1.82) is 0 Å². The van der Waals surface area contributed by atoms with E-state index in [9.17, 15) is 9.90 Å². The highest BCUT2D eigenvalue weighted by Crippen LogP contribution is 2.74. The van der Waals surface area contributed by atoms with Crippen molar-refractivity contribution in [2.75, 3.05) is 33.6 Å². The third-order valence-electron chi connectivity index (χ3n) is 9.55. The van der Waals surface area contributed by atoms with Crippen molar-refractivity contribution in [3.05, 3.63) is 64.7 Å². The molecule has 4 bridgehead atoms. The molecule has 6 aliphatic rings. The van der Waals surface area contributed by atoms with E-state index in [-0.39, 0.29) is 23.0 Å². The van der Waals surface area contributed by atoms with Gasteiger partial charge >= 0.3 is 5.97 Å². The molecule has 0 amide bonds. The molecule has 4 aliphatic carbocycles. The number of nitrogens with zero attached hydrogens (tertiary/aromatic N) is 1. The third kappa shape index (κ3) is 2.35. The Morgan fingerprint density at radius 1 is 1.28 bits per heavy atom. The van der Waals surface area contributed by atoms with Crippen LogP contribution in [0.1, 0.15) is 28.7 Å². The van der Waals surface area contributed by atoms with Crippen molar-refractivity contribution in [3.8, 4) is 11.5 Å². The van der Waals surface area contributed by atoms with Crippen LogP contribution >= 0.6 is 11.8 Å². The molecule has 8 heteroatoms. The number of rotatable bonds is 6. The lowest BCUT2D eigenvalue weighted by molar-refractivity contribution is -0.144. The third-order valence-corrected chi connectivity index (χ3v) is 10.7. The van der Waals surface area contributed by atoms with Crippen molar-refractivity contribution < 1.29 is 24.1 Å². The fraction of sp³-hybridized carbons (Fsp3) is 0.464. The van der Waals surface area contributed by atoms with Crippen LogP contribution in [0.3, 0.4) is 0 Å². The molecule has 1 saturated heterocycles. The Morgan fingerprint density at radius 2 is 2.11 bits per heavy atom. The van der Waals surface area contributed by atoms with Gasteiger partial charge in [0.2, 0.25) is 0 Å². The minimum atomic E-state index is -0.989. The molecule has 188 valence electrons. The van der Waals surface area contributed by atoms with E-state index >= 15 is 0 Å². The number of ether oxygens (including phenoxy) is 3. The molecule has 1 fully saturated rings. The molecule has 6 atom stereocenters. The number of benzene rings is 2. The fourth-order valence-electron chi connectivity index (χ4n) is 8.09. The van der Waals surface area contributed by atoms with Crippen molar-refractivity contribution in [3.63, 3.8) is 0 Å². The summed E-state index contributed by atoms with van der Waals surface area (Å²) in [7, 11) is 5.71. The van der Waals surface area contributed by atoms with Crippen LogP contribution in [0.4, 0.5) is 0 Å². The smallest absolute Gasteiger partial charge is 0.321 e. The summed E-state index contributed by atoms with van der Waals surface area (Å²) in [6.45, 7) is 0.992. The summed E-state index contributed by atoms with van der Waals surface area (Å²) in [4.78, 5) is 14.8. The molecule has 8 rings (SSSR count). The Labute approximate surface area is 214 Å². The van der Waals surface area contributed by atoms with Crippen LogP contribution in [-0.2, 0) is 32.4 Å². The maximum Gasteiger partial charge on any atom is 0.321 e. The summed E-state index contributed by atoms with van der Waals surface area (Å²) in [5, 5.41) is 9.24. The van der Waals surface area contributed by atoms with Gasteiger partial charge in [-0.2, -0.15) is 0 Å². The van der Waals surface area contributed by atoms with E-state index in [2.05, 4.69) is 48.4 Å². The van der Waals surface area contributed by atoms with Crippen LogP contribution in [0, 0.1) is 0 Å². The zero-order valence-electron chi connectivity index (χ0n) is 20.6. The number of piperidine rings is 1. The number of likely N-dealkylation sites (tertiary alicyclic amines) is 1. The molecule has 2 aromatic carbocycles. The molecular formula is C28H30N2O5S. The van der Waals surface area contributed by atoms with Gasteiger partial charge in [-0.05, 0) is 67.4 Å². The number of methoxy groups -OCH3 is 2. The van der Waals surface area contributed by atoms with Gasteiger partial charge in [-0.15, -0.1) is 11.8 Å². The Bertz CT molecular complexity index is 1350. The van der Waals surface area contributed by atoms with Crippen LogP contribution in [0.25, 0.3) is 0 Å². The van der Waals surface area contributed by atoms with E-state index < -0.39 is 17.6 Å². The van der Waals surface area contributed by atoms with Crippen LogP contribution < -0.4 is 15.2 Å². The number of nitrogens with two attached hydrogens (primary N) is 1. The summed E-state index contributed by atoms with van der Waals surface area (Å²) >= 11 is 1.47. The number of carbonyl (C=O) groups is 1. The van der Waals surface area contributed by atoms with Gasteiger partial charge in [-0.1, -0.05) is 18.2 Å². The Kier molecular flexibility index (Phi) is 4.58. The first-order valence-corrected chi connectivity index (χ1v) is 13.4. The minimum absolute atomic E-state index is 0.226. The molecule has 1 unspecified atom stereocenters. The van der Waals surface area contributed by atoms with Crippen molar-refractivity contribution >= 4 is 17.7 Å². The maximum atomic E-state index is 11.3. The normalized spacial score (nSPS) is 35.1. The summed E-state index contributed by atoms with van der Waals surface area (Å²) in [6, 6.07) is 10.2. The number of carboxylic acids is 1. The molecule has 0 saturated carbocycles. The standard InChI is InChI=1S/C28H30N2O5S/c1-30-11-10-27-22-15-4-7-20(33-2)23(22)35-25(27)28(34-3)9-8-26(27,21(30)12-15)17-6-5-16(13-18(17)28)36-14-19(29)24(31)32/h4-9,13,19,21,25H,10-12,14,29H2,1-3H3,(H,31,32)/t19?,21-,25-,26-,27+,28-/m1/s1. The zero-order valence-corrected chi connectivity index (χ0v) is 21.4.